The van der Waals surface area contributed by atoms with Crippen molar-refractivity contribution < 1.29 is 9.53 Å². The monoisotopic (exact) mass is 346 g/mol. The number of carbonyl (C=O) groups excluding carboxylic acids is 1. The molecule has 25 heavy (non-hydrogen) atoms. The Labute approximate surface area is 147 Å². The predicted molar refractivity (Wildman–Crippen MR) is 92.3 cm³/mol. The second-order valence-electron chi connectivity index (χ2n) is 6.69. The lowest BCUT2D eigenvalue weighted by Crippen LogP contribution is -2.29. The molecule has 1 atom stereocenters. The highest BCUT2D eigenvalue weighted by Crippen LogP contribution is 2.13. The molecule has 8 nitrogen and oxygen atoms in total. The number of aromatic nitrogens is 5. The summed E-state index contributed by atoms with van der Waals surface area (Å²) in [6.45, 7) is 6.93. The van der Waals surface area contributed by atoms with Crippen molar-refractivity contribution in [1.29, 1.82) is 0 Å². The van der Waals surface area contributed by atoms with E-state index in [1.165, 1.54) is 0 Å². The quantitative estimate of drug-likeness (QED) is 0.758. The SMILES string of the molecule is Cc1cc(C)n(CCCN(C)C(=O)c2cn(C[C@H]3CCCO3)nn2)n1. The first-order chi connectivity index (χ1) is 12.0. The Balaban J connectivity index is 1.48. The standard InChI is InChI=1S/C17H26N6O2/c1-13-10-14(2)23(19-13)8-5-7-21(3)17(24)16-12-22(20-18-16)11-15-6-4-9-25-15/h10,12,15H,4-9,11H2,1-3H3/t15-/m1/s1. The average molecular weight is 346 g/mol. The number of hydrogen-bond donors (Lipinski definition) is 0. The largest absolute Gasteiger partial charge is 0.376 e. The van der Waals surface area contributed by atoms with Crippen LogP contribution in [0.15, 0.2) is 12.3 Å². The van der Waals surface area contributed by atoms with Crippen molar-refractivity contribution in [3.05, 3.63) is 29.3 Å². The molecule has 2 aromatic heterocycles. The van der Waals surface area contributed by atoms with Gasteiger partial charge in [0.25, 0.3) is 5.91 Å². The predicted octanol–water partition coefficient (Wildman–Crippen LogP) is 1.43. The van der Waals surface area contributed by atoms with Crippen LogP contribution in [0.3, 0.4) is 0 Å². The molecule has 136 valence electrons. The third-order valence-corrected chi connectivity index (χ3v) is 4.49. The van der Waals surface area contributed by atoms with Crippen molar-refractivity contribution in [3.63, 3.8) is 0 Å². The lowest BCUT2D eigenvalue weighted by Gasteiger charge is -2.15. The summed E-state index contributed by atoms with van der Waals surface area (Å²) in [5, 5.41) is 12.5. The van der Waals surface area contributed by atoms with Crippen LogP contribution in [0.25, 0.3) is 0 Å². The Hall–Kier alpha value is -2.22. The molecule has 1 aliphatic rings. The van der Waals surface area contributed by atoms with Crippen LogP contribution in [0.2, 0.25) is 0 Å². The Morgan fingerprint density at radius 2 is 2.28 bits per heavy atom. The number of hydrogen-bond acceptors (Lipinski definition) is 5. The molecule has 0 aliphatic carbocycles. The Bertz CT molecular complexity index is 717. The number of aryl methyl sites for hydroxylation is 3. The van der Waals surface area contributed by atoms with Crippen LogP contribution in [0.1, 0.15) is 41.1 Å². The topological polar surface area (TPSA) is 78.1 Å². The summed E-state index contributed by atoms with van der Waals surface area (Å²) in [6, 6.07) is 2.06. The summed E-state index contributed by atoms with van der Waals surface area (Å²) in [5.74, 6) is -0.105. The van der Waals surface area contributed by atoms with Gasteiger partial charge in [-0.25, -0.2) is 4.68 Å². The van der Waals surface area contributed by atoms with E-state index < -0.39 is 0 Å². The third-order valence-electron chi connectivity index (χ3n) is 4.49. The average Bonchev–Trinajstić information content (AvgIpc) is 3.30. The van der Waals surface area contributed by atoms with E-state index in [1.54, 1.807) is 22.8 Å². The van der Waals surface area contributed by atoms with Gasteiger partial charge >= 0.3 is 0 Å². The van der Waals surface area contributed by atoms with Crippen LogP contribution in [-0.4, -0.2) is 61.9 Å². The molecule has 3 heterocycles. The van der Waals surface area contributed by atoms with E-state index >= 15 is 0 Å². The van der Waals surface area contributed by atoms with E-state index in [-0.39, 0.29) is 12.0 Å². The minimum absolute atomic E-state index is 0.105. The molecule has 0 N–H and O–H groups in total. The van der Waals surface area contributed by atoms with Gasteiger partial charge in [-0.2, -0.15) is 5.10 Å². The van der Waals surface area contributed by atoms with Crippen molar-refractivity contribution in [1.82, 2.24) is 29.7 Å². The molecule has 0 aromatic carbocycles. The number of nitrogens with zero attached hydrogens (tertiary/aromatic N) is 6. The zero-order valence-corrected chi connectivity index (χ0v) is 15.2. The molecule has 1 fully saturated rings. The highest BCUT2D eigenvalue weighted by molar-refractivity contribution is 5.91. The maximum absolute atomic E-state index is 12.5. The van der Waals surface area contributed by atoms with Crippen LogP contribution >= 0.6 is 0 Å². The lowest BCUT2D eigenvalue weighted by molar-refractivity contribution is 0.0785. The van der Waals surface area contributed by atoms with Crippen molar-refractivity contribution >= 4 is 5.91 Å². The van der Waals surface area contributed by atoms with Gasteiger partial charge in [-0.1, -0.05) is 5.21 Å². The van der Waals surface area contributed by atoms with Gasteiger partial charge in [-0.15, -0.1) is 5.10 Å². The second-order valence-corrected chi connectivity index (χ2v) is 6.69. The van der Waals surface area contributed by atoms with Crippen molar-refractivity contribution in [3.8, 4) is 0 Å². The summed E-state index contributed by atoms with van der Waals surface area (Å²) in [5.41, 5.74) is 2.54. The minimum Gasteiger partial charge on any atom is -0.376 e. The molecular weight excluding hydrogens is 320 g/mol. The van der Waals surface area contributed by atoms with E-state index in [9.17, 15) is 4.79 Å². The molecule has 0 bridgehead atoms. The number of rotatable bonds is 7. The van der Waals surface area contributed by atoms with Crippen molar-refractivity contribution in [2.75, 3.05) is 20.2 Å². The molecule has 0 saturated carbocycles. The second kappa shape index (κ2) is 7.77. The van der Waals surface area contributed by atoms with Gasteiger partial charge in [-0.3, -0.25) is 9.48 Å². The molecule has 8 heteroatoms. The zero-order valence-electron chi connectivity index (χ0n) is 15.2. The normalized spacial score (nSPS) is 17.2. The summed E-state index contributed by atoms with van der Waals surface area (Å²) in [7, 11) is 1.79. The third kappa shape index (κ3) is 4.45. The summed E-state index contributed by atoms with van der Waals surface area (Å²) < 4.78 is 9.27. The first kappa shape index (κ1) is 17.6. The number of amides is 1. The van der Waals surface area contributed by atoms with Crippen LogP contribution in [0, 0.1) is 13.8 Å². The van der Waals surface area contributed by atoms with E-state index in [4.69, 9.17) is 4.74 Å². The van der Waals surface area contributed by atoms with Gasteiger partial charge in [0.2, 0.25) is 0 Å². The zero-order chi connectivity index (χ0) is 17.8. The van der Waals surface area contributed by atoms with E-state index in [1.807, 2.05) is 18.5 Å². The van der Waals surface area contributed by atoms with Gasteiger partial charge in [-0.05, 0) is 39.2 Å². The minimum atomic E-state index is -0.105. The smallest absolute Gasteiger partial charge is 0.275 e. The molecule has 2 aromatic rings. The maximum Gasteiger partial charge on any atom is 0.275 e. The van der Waals surface area contributed by atoms with Crippen LogP contribution in [0.4, 0.5) is 0 Å². The first-order valence-electron chi connectivity index (χ1n) is 8.81. The van der Waals surface area contributed by atoms with Gasteiger partial charge in [0.15, 0.2) is 5.69 Å². The highest BCUT2D eigenvalue weighted by atomic mass is 16.5. The molecule has 0 radical (unpaired) electrons. The Kier molecular flexibility index (Phi) is 5.47. The molecule has 1 aliphatic heterocycles. The lowest BCUT2D eigenvalue weighted by atomic mass is 10.2. The van der Waals surface area contributed by atoms with Crippen molar-refractivity contribution in [2.45, 2.75) is 52.3 Å². The highest BCUT2D eigenvalue weighted by Gasteiger charge is 2.19. The number of ether oxygens (including phenoxy) is 1. The maximum atomic E-state index is 12.5. The van der Waals surface area contributed by atoms with Gasteiger partial charge in [0.05, 0.1) is 24.5 Å². The Morgan fingerprint density at radius 3 is 2.96 bits per heavy atom. The van der Waals surface area contributed by atoms with Crippen LogP contribution in [-0.2, 0) is 17.8 Å². The Morgan fingerprint density at radius 1 is 1.44 bits per heavy atom. The van der Waals surface area contributed by atoms with Gasteiger partial charge in [0, 0.05) is 32.4 Å². The summed E-state index contributed by atoms with van der Waals surface area (Å²) >= 11 is 0. The first-order valence-corrected chi connectivity index (χ1v) is 8.81. The van der Waals surface area contributed by atoms with E-state index in [0.717, 1.165) is 43.8 Å². The fourth-order valence-electron chi connectivity index (χ4n) is 3.14. The van der Waals surface area contributed by atoms with Crippen LogP contribution in [0.5, 0.6) is 0 Å². The van der Waals surface area contributed by atoms with E-state index in [0.29, 0.717) is 18.8 Å². The summed E-state index contributed by atoms with van der Waals surface area (Å²) in [6.07, 6.45) is 4.86. The molecule has 1 amide bonds. The van der Waals surface area contributed by atoms with Gasteiger partial charge < -0.3 is 9.64 Å². The number of carbonyl (C=O) groups is 1. The van der Waals surface area contributed by atoms with Crippen LogP contribution < -0.4 is 0 Å². The van der Waals surface area contributed by atoms with Gasteiger partial charge in [0.1, 0.15) is 0 Å². The molecule has 0 unspecified atom stereocenters. The molecule has 3 rings (SSSR count). The summed E-state index contributed by atoms with van der Waals surface area (Å²) in [4.78, 5) is 14.2. The van der Waals surface area contributed by atoms with E-state index in [2.05, 4.69) is 21.5 Å². The molecular formula is C17H26N6O2. The fraction of sp³-hybridized carbons (Fsp3) is 0.647. The molecule has 1 saturated heterocycles. The fourth-order valence-corrected chi connectivity index (χ4v) is 3.14. The molecule has 0 spiro atoms. The van der Waals surface area contributed by atoms with Crippen molar-refractivity contribution in [2.24, 2.45) is 0 Å².